The molecule has 0 bridgehead atoms. The molecule has 1 aliphatic carbocycles. The van der Waals surface area contributed by atoms with Crippen LogP contribution >= 0.6 is 11.6 Å². The number of hydrogen-bond acceptors (Lipinski definition) is 4. The SMILES string of the molecule is Cn1nnc(-c2ccc(C(C(=O)Nc3cc(Cl)ccc3F)C3CCC(F)(F)C3)cc2)n1. The van der Waals surface area contributed by atoms with Gasteiger partial charge in [0.1, 0.15) is 5.82 Å². The van der Waals surface area contributed by atoms with Gasteiger partial charge in [0, 0.05) is 23.4 Å². The number of anilines is 1. The average molecular weight is 450 g/mol. The van der Waals surface area contributed by atoms with Crippen molar-refractivity contribution in [2.24, 2.45) is 13.0 Å². The molecule has 6 nitrogen and oxygen atoms in total. The Labute approximate surface area is 181 Å². The lowest BCUT2D eigenvalue weighted by Gasteiger charge is -2.24. The molecule has 1 amide bonds. The van der Waals surface area contributed by atoms with Crippen LogP contribution in [0.5, 0.6) is 0 Å². The number of nitrogens with one attached hydrogen (secondary N) is 1. The Morgan fingerprint density at radius 2 is 2.00 bits per heavy atom. The van der Waals surface area contributed by atoms with Crippen LogP contribution in [0.3, 0.4) is 0 Å². The first kappa shape index (κ1) is 21.3. The molecule has 0 radical (unpaired) electrons. The van der Waals surface area contributed by atoms with Crippen LogP contribution < -0.4 is 5.32 Å². The van der Waals surface area contributed by atoms with Gasteiger partial charge in [-0.25, -0.2) is 13.2 Å². The highest BCUT2D eigenvalue weighted by molar-refractivity contribution is 6.30. The molecule has 1 aliphatic rings. The van der Waals surface area contributed by atoms with E-state index in [1.165, 1.54) is 16.9 Å². The highest BCUT2D eigenvalue weighted by Crippen LogP contribution is 2.46. The Morgan fingerprint density at radius 3 is 2.61 bits per heavy atom. The summed E-state index contributed by atoms with van der Waals surface area (Å²) in [6.07, 6.45) is -0.498. The molecule has 31 heavy (non-hydrogen) atoms. The third kappa shape index (κ3) is 4.71. The van der Waals surface area contributed by atoms with Crippen LogP contribution in [0.4, 0.5) is 18.9 Å². The standard InChI is InChI=1S/C21H19ClF3N5O/c1-30-28-19(27-29-30)13-4-2-12(3-5-13)18(14-8-9-21(24,25)11-14)20(31)26-17-10-15(22)6-7-16(17)23/h2-7,10,14,18H,8-9,11H2,1H3,(H,26,31). The van der Waals surface area contributed by atoms with E-state index in [2.05, 4.69) is 20.7 Å². The minimum atomic E-state index is -2.83. The smallest absolute Gasteiger partial charge is 0.248 e. The Kier molecular flexibility index (Phi) is 5.70. The first-order valence-electron chi connectivity index (χ1n) is 9.70. The summed E-state index contributed by atoms with van der Waals surface area (Å²) in [6, 6.07) is 10.6. The molecule has 2 atom stereocenters. The summed E-state index contributed by atoms with van der Waals surface area (Å²) in [4.78, 5) is 14.4. The zero-order chi connectivity index (χ0) is 22.2. The van der Waals surface area contributed by atoms with Crippen molar-refractivity contribution < 1.29 is 18.0 Å². The van der Waals surface area contributed by atoms with E-state index in [0.717, 1.165) is 6.07 Å². The van der Waals surface area contributed by atoms with Crippen LogP contribution in [0.1, 0.15) is 30.7 Å². The minimum absolute atomic E-state index is 0.0902. The maximum atomic E-state index is 14.1. The normalized spacial score (nSPS) is 18.7. The molecule has 0 aliphatic heterocycles. The van der Waals surface area contributed by atoms with Crippen molar-refractivity contribution in [3.63, 3.8) is 0 Å². The second-order valence-electron chi connectivity index (χ2n) is 7.67. The van der Waals surface area contributed by atoms with E-state index in [-0.39, 0.29) is 23.6 Å². The number of nitrogens with zero attached hydrogens (tertiary/aromatic N) is 4. The van der Waals surface area contributed by atoms with Gasteiger partial charge in [-0.1, -0.05) is 35.9 Å². The van der Waals surface area contributed by atoms with E-state index in [4.69, 9.17) is 11.6 Å². The molecule has 2 unspecified atom stereocenters. The number of carbonyl (C=O) groups is 1. The molecule has 162 valence electrons. The number of tetrazole rings is 1. The largest absolute Gasteiger partial charge is 0.323 e. The molecule has 1 fully saturated rings. The van der Waals surface area contributed by atoms with Crippen LogP contribution in [0, 0.1) is 11.7 Å². The number of hydrogen-bond donors (Lipinski definition) is 1. The van der Waals surface area contributed by atoms with E-state index < -0.39 is 35.9 Å². The van der Waals surface area contributed by atoms with Gasteiger partial charge >= 0.3 is 0 Å². The Hall–Kier alpha value is -2.94. The van der Waals surface area contributed by atoms with E-state index in [1.807, 2.05) is 0 Å². The third-order valence-electron chi connectivity index (χ3n) is 5.42. The Balaban J connectivity index is 1.64. The van der Waals surface area contributed by atoms with Gasteiger partial charge in [-0.05, 0) is 41.3 Å². The van der Waals surface area contributed by atoms with Gasteiger partial charge in [-0.15, -0.1) is 10.2 Å². The number of aromatic nitrogens is 4. The van der Waals surface area contributed by atoms with E-state index in [9.17, 15) is 18.0 Å². The minimum Gasteiger partial charge on any atom is -0.323 e. The molecule has 3 aromatic rings. The fourth-order valence-corrected chi connectivity index (χ4v) is 4.12. The van der Waals surface area contributed by atoms with E-state index in [1.54, 1.807) is 31.3 Å². The van der Waals surface area contributed by atoms with Crippen LogP contribution in [-0.2, 0) is 11.8 Å². The van der Waals surface area contributed by atoms with Gasteiger partial charge in [0.25, 0.3) is 0 Å². The zero-order valence-electron chi connectivity index (χ0n) is 16.5. The molecule has 1 heterocycles. The molecular weight excluding hydrogens is 431 g/mol. The van der Waals surface area contributed by atoms with Crippen molar-refractivity contribution in [3.8, 4) is 11.4 Å². The maximum absolute atomic E-state index is 14.1. The predicted molar refractivity (Wildman–Crippen MR) is 109 cm³/mol. The number of rotatable bonds is 5. The first-order chi connectivity index (χ1) is 14.7. The summed E-state index contributed by atoms with van der Waals surface area (Å²) in [5, 5.41) is 14.6. The molecule has 0 saturated heterocycles. The first-order valence-corrected chi connectivity index (χ1v) is 10.1. The number of halogens is 4. The van der Waals surface area contributed by atoms with Gasteiger partial charge in [0.2, 0.25) is 17.7 Å². The lowest BCUT2D eigenvalue weighted by atomic mass is 9.83. The lowest BCUT2D eigenvalue weighted by Crippen LogP contribution is -2.28. The van der Waals surface area contributed by atoms with Crippen molar-refractivity contribution in [1.82, 2.24) is 20.2 Å². The average Bonchev–Trinajstić information content (AvgIpc) is 3.30. The van der Waals surface area contributed by atoms with Gasteiger partial charge in [0.15, 0.2) is 0 Å². The second-order valence-corrected chi connectivity index (χ2v) is 8.11. The highest BCUT2D eigenvalue weighted by atomic mass is 35.5. The zero-order valence-corrected chi connectivity index (χ0v) is 17.3. The Bertz CT molecular complexity index is 1100. The highest BCUT2D eigenvalue weighted by Gasteiger charge is 2.45. The van der Waals surface area contributed by atoms with Gasteiger partial charge in [-0.3, -0.25) is 4.79 Å². The fourth-order valence-electron chi connectivity index (χ4n) is 3.95. The van der Waals surface area contributed by atoms with Gasteiger partial charge in [-0.2, -0.15) is 4.80 Å². The summed E-state index contributed by atoms with van der Waals surface area (Å²) in [5.41, 5.74) is 1.14. The van der Waals surface area contributed by atoms with Crippen LogP contribution in [-0.4, -0.2) is 32.0 Å². The number of benzene rings is 2. The fraction of sp³-hybridized carbons (Fsp3) is 0.333. The molecule has 10 heteroatoms. The van der Waals surface area contributed by atoms with Crippen molar-refractivity contribution >= 4 is 23.2 Å². The van der Waals surface area contributed by atoms with Gasteiger partial charge < -0.3 is 5.32 Å². The molecular formula is C21H19ClF3N5O. The summed E-state index contributed by atoms with van der Waals surface area (Å²) >= 11 is 5.90. The molecule has 0 spiro atoms. The summed E-state index contributed by atoms with van der Waals surface area (Å²) < 4.78 is 42.0. The number of amides is 1. The third-order valence-corrected chi connectivity index (χ3v) is 5.65. The van der Waals surface area contributed by atoms with E-state index >= 15 is 0 Å². The molecule has 2 aromatic carbocycles. The Morgan fingerprint density at radius 1 is 1.26 bits per heavy atom. The van der Waals surface area contributed by atoms with Crippen LogP contribution in [0.2, 0.25) is 5.02 Å². The number of carbonyl (C=O) groups excluding carboxylic acids is 1. The quantitative estimate of drug-likeness (QED) is 0.605. The van der Waals surface area contributed by atoms with Crippen molar-refractivity contribution in [3.05, 3.63) is 58.9 Å². The lowest BCUT2D eigenvalue weighted by molar-refractivity contribution is -0.118. The van der Waals surface area contributed by atoms with Crippen molar-refractivity contribution in [2.75, 3.05) is 5.32 Å². The summed E-state index contributed by atoms with van der Waals surface area (Å²) in [6.45, 7) is 0. The molecule has 1 N–H and O–H groups in total. The summed E-state index contributed by atoms with van der Waals surface area (Å²) in [5.74, 6) is -5.10. The van der Waals surface area contributed by atoms with Crippen molar-refractivity contribution in [1.29, 1.82) is 0 Å². The van der Waals surface area contributed by atoms with Gasteiger partial charge in [0.05, 0.1) is 18.7 Å². The van der Waals surface area contributed by atoms with Crippen LogP contribution in [0.25, 0.3) is 11.4 Å². The van der Waals surface area contributed by atoms with E-state index in [0.29, 0.717) is 17.0 Å². The monoisotopic (exact) mass is 449 g/mol. The molecule has 1 saturated carbocycles. The predicted octanol–water partition coefficient (Wildman–Crippen LogP) is 4.83. The van der Waals surface area contributed by atoms with Crippen molar-refractivity contribution in [2.45, 2.75) is 31.1 Å². The summed E-state index contributed by atoms with van der Waals surface area (Å²) in [7, 11) is 1.64. The molecule has 1 aromatic heterocycles. The number of alkyl halides is 2. The molecule has 4 rings (SSSR count). The number of aryl methyl sites for hydroxylation is 1. The maximum Gasteiger partial charge on any atom is 0.248 e. The topological polar surface area (TPSA) is 72.7 Å². The second kappa shape index (κ2) is 8.30. The van der Waals surface area contributed by atoms with Crippen LogP contribution in [0.15, 0.2) is 42.5 Å².